The summed E-state index contributed by atoms with van der Waals surface area (Å²) in [5, 5.41) is 10.3. The first-order valence-electron chi connectivity index (χ1n) is 3.67. The van der Waals surface area contributed by atoms with Crippen LogP contribution >= 0.6 is 0 Å². The predicted molar refractivity (Wildman–Crippen MR) is 49.1 cm³/mol. The van der Waals surface area contributed by atoms with E-state index < -0.39 is 10.8 Å². The highest BCUT2D eigenvalue weighted by Gasteiger charge is 2.03. The normalized spacial score (nSPS) is 10.3. The summed E-state index contributed by atoms with van der Waals surface area (Å²) in [7, 11) is 0. The molecule has 0 aromatic carbocycles. The van der Waals surface area contributed by atoms with Gasteiger partial charge in [0.15, 0.2) is 0 Å². The number of hydrogen-bond acceptors (Lipinski definition) is 4. The first-order chi connectivity index (χ1) is 6.59. The molecule has 0 unspecified atom stereocenters. The van der Waals surface area contributed by atoms with E-state index in [-0.39, 0.29) is 5.69 Å². The van der Waals surface area contributed by atoms with Crippen LogP contribution < -0.4 is 5.73 Å². The fourth-order valence-electron chi connectivity index (χ4n) is 0.772. The molecule has 0 atom stereocenters. The molecule has 1 amide bonds. The molecule has 6 heteroatoms. The van der Waals surface area contributed by atoms with Gasteiger partial charge in [-0.3, -0.25) is 14.9 Å². The second-order valence-electron chi connectivity index (χ2n) is 2.43. The molecule has 1 aromatic heterocycles. The number of aromatic nitrogens is 1. The number of primary amides is 1. The van der Waals surface area contributed by atoms with E-state index in [1.54, 1.807) is 0 Å². The van der Waals surface area contributed by atoms with Crippen LogP contribution in [0.4, 0.5) is 5.69 Å². The molecule has 0 fully saturated rings. The third kappa shape index (κ3) is 2.67. The minimum Gasteiger partial charge on any atom is -0.366 e. The summed E-state index contributed by atoms with van der Waals surface area (Å²) in [6, 6.07) is 2.73. The predicted octanol–water partition coefficient (Wildman–Crippen LogP) is 0.488. The Bertz CT molecular complexity index is 383. The van der Waals surface area contributed by atoms with Crippen molar-refractivity contribution in [1.82, 2.24) is 4.98 Å². The summed E-state index contributed by atoms with van der Waals surface area (Å²) in [6.45, 7) is 0. The van der Waals surface area contributed by atoms with Crippen LogP contribution in [0.2, 0.25) is 0 Å². The number of carbonyl (C=O) groups excluding carboxylic acids is 1. The van der Waals surface area contributed by atoms with Crippen LogP contribution in [0.3, 0.4) is 0 Å². The maximum absolute atomic E-state index is 10.3. The average molecular weight is 193 g/mol. The van der Waals surface area contributed by atoms with Crippen molar-refractivity contribution in [2.75, 3.05) is 0 Å². The van der Waals surface area contributed by atoms with Crippen LogP contribution in [-0.2, 0) is 4.79 Å². The van der Waals surface area contributed by atoms with Crippen molar-refractivity contribution >= 4 is 17.7 Å². The van der Waals surface area contributed by atoms with E-state index in [1.165, 1.54) is 18.2 Å². The van der Waals surface area contributed by atoms with Crippen molar-refractivity contribution in [1.29, 1.82) is 0 Å². The monoisotopic (exact) mass is 193 g/mol. The second kappa shape index (κ2) is 4.13. The minimum atomic E-state index is -0.592. The number of nitro groups is 1. The van der Waals surface area contributed by atoms with Gasteiger partial charge in [0.05, 0.1) is 10.6 Å². The van der Waals surface area contributed by atoms with Gasteiger partial charge in [-0.2, -0.15) is 0 Å². The third-order valence-corrected chi connectivity index (χ3v) is 1.40. The lowest BCUT2D eigenvalue weighted by Crippen LogP contribution is -2.05. The van der Waals surface area contributed by atoms with E-state index in [0.29, 0.717) is 5.69 Å². The van der Waals surface area contributed by atoms with Crippen LogP contribution in [0.15, 0.2) is 24.4 Å². The molecule has 0 spiro atoms. The first-order valence-corrected chi connectivity index (χ1v) is 3.67. The van der Waals surface area contributed by atoms with Gasteiger partial charge in [-0.25, -0.2) is 4.98 Å². The number of nitrogens with two attached hydrogens (primary N) is 1. The van der Waals surface area contributed by atoms with Gasteiger partial charge in [0.25, 0.3) is 5.69 Å². The molecule has 6 nitrogen and oxygen atoms in total. The van der Waals surface area contributed by atoms with Gasteiger partial charge < -0.3 is 5.73 Å². The molecule has 0 saturated heterocycles. The van der Waals surface area contributed by atoms with Crippen molar-refractivity contribution in [3.63, 3.8) is 0 Å². The lowest BCUT2D eigenvalue weighted by atomic mass is 10.3. The molecular weight excluding hydrogens is 186 g/mol. The molecule has 1 rings (SSSR count). The Morgan fingerprint density at radius 1 is 1.57 bits per heavy atom. The standard InChI is InChI=1S/C8H7N3O3/c9-8(12)4-2-6-1-3-7(5-10-6)11(13)14/h1-5H,(H2,9,12). The SMILES string of the molecule is NC(=O)C=Cc1ccc([N+](=O)[O-])cn1. The highest BCUT2D eigenvalue weighted by Crippen LogP contribution is 2.09. The van der Waals surface area contributed by atoms with Crippen molar-refractivity contribution in [3.8, 4) is 0 Å². The van der Waals surface area contributed by atoms with E-state index in [0.717, 1.165) is 12.3 Å². The second-order valence-corrected chi connectivity index (χ2v) is 2.43. The van der Waals surface area contributed by atoms with Crippen LogP contribution in [0.5, 0.6) is 0 Å². The Balaban J connectivity index is 2.83. The fourth-order valence-corrected chi connectivity index (χ4v) is 0.772. The van der Waals surface area contributed by atoms with E-state index in [4.69, 9.17) is 5.73 Å². The molecule has 1 aromatic rings. The smallest absolute Gasteiger partial charge is 0.287 e. The van der Waals surface area contributed by atoms with Crippen LogP contribution in [0, 0.1) is 10.1 Å². The van der Waals surface area contributed by atoms with Crippen LogP contribution in [-0.4, -0.2) is 15.8 Å². The molecule has 2 N–H and O–H groups in total. The lowest BCUT2D eigenvalue weighted by molar-refractivity contribution is -0.385. The molecule has 0 radical (unpaired) electrons. The highest BCUT2D eigenvalue weighted by molar-refractivity contribution is 5.89. The van der Waals surface area contributed by atoms with Crippen molar-refractivity contribution in [2.24, 2.45) is 5.73 Å². The molecule has 0 aliphatic rings. The summed E-state index contributed by atoms with van der Waals surface area (Å²) in [6.07, 6.45) is 3.63. The molecular formula is C8H7N3O3. The highest BCUT2D eigenvalue weighted by atomic mass is 16.6. The third-order valence-electron chi connectivity index (χ3n) is 1.40. The van der Waals surface area contributed by atoms with Crippen molar-refractivity contribution in [3.05, 3.63) is 40.2 Å². The van der Waals surface area contributed by atoms with E-state index in [1.807, 2.05) is 0 Å². The fraction of sp³-hybridized carbons (Fsp3) is 0. The van der Waals surface area contributed by atoms with Crippen molar-refractivity contribution < 1.29 is 9.72 Å². The molecule has 1 heterocycles. The average Bonchev–Trinajstić information content (AvgIpc) is 2.15. The summed E-state index contributed by atoms with van der Waals surface area (Å²) in [4.78, 5) is 23.8. The molecule has 0 saturated carbocycles. The van der Waals surface area contributed by atoms with Gasteiger partial charge in [0.1, 0.15) is 6.20 Å². The zero-order chi connectivity index (χ0) is 10.6. The molecule has 72 valence electrons. The molecule has 0 aliphatic heterocycles. The Kier molecular flexibility index (Phi) is 2.90. The van der Waals surface area contributed by atoms with E-state index in [9.17, 15) is 14.9 Å². The number of hydrogen-bond donors (Lipinski definition) is 1. The summed E-state index contributed by atoms with van der Waals surface area (Å²) in [5.41, 5.74) is 5.20. The zero-order valence-corrected chi connectivity index (χ0v) is 7.08. The molecule has 0 aliphatic carbocycles. The summed E-state index contributed by atoms with van der Waals surface area (Å²) < 4.78 is 0. The Labute approximate surface area is 79.2 Å². The Morgan fingerprint density at radius 2 is 2.29 bits per heavy atom. The minimum absolute atomic E-state index is 0.0961. The van der Waals surface area contributed by atoms with Gasteiger partial charge >= 0.3 is 0 Å². The quantitative estimate of drug-likeness (QED) is 0.429. The van der Waals surface area contributed by atoms with Crippen LogP contribution in [0.25, 0.3) is 6.08 Å². The number of carbonyl (C=O) groups is 1. The van der Waals surface area contributed by atoms with E-state index >= 15 is 0 Å². The van der Waals surface area contributed by atoms with Gasteiger partial charge in [-0.1, -0.05) is 0 Å². The van der Waals surface area contributed by atoms with Gasteiger partial charge in [-0.05, 0) is 12.1 Å². The molecule has 14 heavy (non-hydrogen) atoms. The van der Waals surface area contributed by atoms with Gasteiger partial charge in [0.2, 0.25) is 5.91 Å². The maximum atomic E-state index is 10.3. The number of amides is 1. The Hall–Kier alpha value is -2.24. The lowest BCUT2D eigenvalue weighted by Gasteiger charge is -1.91. The zero-order valence-electron chi connectivity index (χ0n) is 7.08. The van der Waals surface area contributed by atoms with Gasteiger partial charge in [-0.15, -0.1) is 0 Å². The molecule has 0 bridgehead atoms. The maximum Gasteiger partial charge on any atom is 0.287 e. The van der Waals surface area contributed by atoms with Crippen molar-refractivity contribution in [2.45, 2.75) is 0 Å². The summed E-state index contributed by atoms with van der Waals surface area (Å²) >= 11 is 0. The largest absolute Gasteiger partial charge is 0.366 e. The topological polar surface area (TPSA) is 99.1 Å². The number of rotatable bonds is 3. The Morgan fingerprint density at radius 3 is 2.71 bits per heavy atom. The van der Waals surface area contributed by atoms with E-state index in [2.05, 4.69) is 4.98 Å². The number of nitrogens with zero attached hydrogens (tertiary/aromatic N) is 2. The summed E-state index contributed by atoms with van der Waals surface area (Å²) in [5.74, 6) is -0.592. The van der Waals surface area contributed by atoms with Crippen LogP contribution in [0.1, 0.15) is 5.69 Å². The van der Waals surface area contributed by atoms with Gasteiger partial charge in [0, 0.05) is 12.1 Å². The number of pyridine rings is 1. The first kappa shape index (κ1) is 9.85.